The van der Waals surface area contributed by atoms with E-state index < -0.39 is 17.8 Å². The number of ketones is 1. The highest BCUT2D eigenvalue weighted by atomic mass is 16.5. The molecule has 0 heterocycles. The SMILES string of the molecule is CCCC(=O)NCC(COC(=O)C(=O)CC)NC(=O)CCC. The van der Waals surface area contributed by atoms with Gasteiger partial charge in [-0.25, -0.2) is 4.79 Å². The van der Waals surface area contributed by atoms with Gasteiger partial charge in [0.25, 0.3) is 0 Å². The van der Waals surface area contributed by atoms with E-state index in [0.29, 0.717) is 19.3 Å². The lowest BCUT2D eigenvalue weighted by Crippen LogP contribution is -2.47. The maximum absolute atomic E-state index is 11.6. The van der Waals surface area contributed by atoms with Gasteiger partial charge in [0.15, 0.2) is 0 Å². The fourth-order valence-corrected chi connectivity index (χ4v) is 1.63. The Hall–Kier alpha value is -1.92. The molecule has 0 aromatic rings. The molecular weight excluding hydrogens is 288 g/mol. The molecule has 0 bridgehead atoms. The molecule has 0 aliphatic carbocycles. The molecule has 126 valence electrons. The van der Waals surface area contributed by atoms with Crippen LogP contribution in [0.1, 0.15) is 52.9 Å². The van der Waals surface area contributed by atoms with E-state index in [1.807, 2.05) is 13.8 Å². The molecule has 0 fully saturated rings. The predicted molar refractivity (Wildman–Crippen MR) is 81.0 cm³/mol. The lowest BCUT2D eigenvalue weighted by atomic mass is 10.2. The quantitative estimate of drug-likeness (QED) is 0.432. The van der Waals surface area contributed by atoms with Crippen molar-refractivity contribution in [2.45, 2.75) is 58.9 Å². The third-order valence-electron chi connectivity index (χ3n) is 2.83. The third-order valence-corrected chi connectivity index (χ3v) is 2.83. The molecule has 0 rings (SSSR count). The van der Waals surface area contributed by atoms with Crippen molar-refractivity contribution >= 4 is 23.6 Å². The molecule has 0 spiro atoms. The van der Waals surface area contributed by atoms with Gasteiger partial charge in [0, 0.05) is 25.8 Å². The number of hydrogen-bond donors (Lipinski definition) is 2. The van der Waals surface area contributed by atoms with Crippen molar-refractivity contribution < 1.29 is 23.9 Å². The highest BCUT2D eigenvalue weighted by Crippen LogP contribution is 1.94. The van der Waals surface area contributed by atoms with Crippen LogP contribution in [0.25, 0.3) is 0 Å². The zero-order chi connectivity index (χ0) is 17.0. The van der Waals surface area contributed by atoms with Crippen molar-refractivity contribution in [2.75, 3.05) is 13.2 Å². The van der Waals surface area contributed by atoms with E-state index in [2.05, 4.69) is 10.6 Å². The van der Waals surface area contributed by atoms with Gasteiger partial charge in [0.05, 0.1) is 6.04 Å². The second-order valence-electron chi connectivity index (χ2n) is 4.94. The molecule has 7 nitrogen and oxygen atoms in total. The van der Waals surface area contributed by atoms with Gasteiger partial charge < -0.3 is 15.4 Å². The van der Waals surface area contributed by atoms with E-state index >= 15 is 0 Å². The summed E-state index contributed by atoms with van der Waals surface area (Å²) in [6, 6.07) is -0.548. The molecule has 7 heteroatoms. The van der Waals surface area contributed by atoms with Gasteiger partial charge in [-0.2, -0.15) is 0 Å². The summed E-state index contributed by atoms with van der Waals surface area (Å²) >= 11 is 0. The number of amides is 2. The van der Waals surface area contributed by atoms with E-state index in [1.54, 1.807) is 6.92 Å². The minimum atomic E-state index is -0.919. The first-order valence-corrected chi connectivity index (χ1v) is 7.70. The largest absolute Gasteiger partial charge is 0.458 e. The molecule has 22 heavy (non-hydrogen) atoms. The number of ether oxygens (including phenoxy) is 1. The van der Waals surface area contributed by atoms with Crippen LogP contribution < -0.4 is 10.6 Å². The fourth-order valence-electron chi connectivity index (χ4n) is 1.63. The van der Waals surface area contributed by atoms with Crippen molar-refractivity contribution in [3.05, 3.63) is 0 Å². The Morgan fingerprint density at radius 2 is 1.55 bits per heavy atom. The number of rotatable bonds is 11. The second kappa shape index (κ2) is 11.7. The Kier molecular flexibility index (Phi) is 10.7. The number of esters is 1. The van der Waals surface area contributed by atoms with E-state index in [-0.39, 0.29) is 31.4 Å². The van der Waals surface area contributed by atoms with Crippen LogP contribution in [0, 0.1) is 0 Å². The Balaban J connectivity index is 4.44. The predicted octanol–water partition coefficient (Wildman–Crippen LogP) is 0.710. The summed E-state index contributed by atoms with van der Waals surface area (Å²) in [4.78, 5) is 45.6. The number of Topliss-reactive ketones (excluding diaryl/α,β-unsaturated/α-hetero) is 1. The van der Waals surface area contributed by atoms with E-state index in [9.17, 15) is 19.2 Å². The van der Waals surface area contributed by atoms with Gasteiger partial charge in [-0.3, -0.25) is 14.4 Å². The first kappa shape index (κ1) is 20.1. The summed E-state index contributed by atoms with van der Waals surface area (Å²) in [6.45, 7) is 5.33. The van der Waals surface area contributed by atoms with Crippen molar-refractivity contribution in [2.24, 2.45) is 0 Å². The molecule has 1 atom stereocenters. The number of hydrogen-bond acceptors (Lipinski definition) is 5. The highest BCUT2D eigenvalue weighted by molar-refractivity contribution is 6.33. The summed E-state index contributed by atoms with van der Waals surface area (Å²) in [7, 11) is 0. The van der Waals surface area contributed by atoms with Gasteiger partial charge in [0.1, 0.15) is 6.61 Å². The van der Waals surface area contributed by atoms with Crippen LogP contribution in [0.4, 0.5) is 0 Å². The standard InChI is InChI=1S/C15H26N2O5/c1-4-7-13(19)16-9-11(17-14(20)8-5-2)10-22-15(21)12(18)6-3/h11H,4-10H2,1-3H3,(H,16,19)(H,17,20). The van der Waals surface area contributed by atoms with Crippen LogP contribution in [0.5, 0.6) is 0 Å². The third kappa shape index (κ3) is 9.10. The van der Waals surface area contributed by atoms with Gasteiger partial charge in [0.2, 0.25) is 17.6 Å². The molecule has 0 aliphatic heterocycles. The monoisotopic (exact) mass is 314 g/mol. The molecule has 2 N–H and O–H groups in total. The van der Waals surface area contributed by atoms with Crippen molar-refractivity contribution in [1.82, 2.24) is 10.6 Å². The Bertz CT molecular complexity index is 395. The average molecular weight is 314 g/mol. The maximum atomic E-state index is 11.6. The van der Waals surface area contributed by atoms with E-state index in [0.717, 1.165) is 6.42 Å². The molecule has 0 aromatic carbocycles. The van der Waals surface area contributed by atoms with Crippen molar-refractivity contribution in [1.29, 1.82) is 0 Å². The summed E-state index contributed by atoms with van der Waals surface area (Å²) < 4.78 is 4.87. The topological polar surface area (TPSA) is 102 Å². The van der Waals surface area contributed by atoms with Crippen molar-refractivity contribution in [3.8, 4) is 0 Å². The summed E-state index contributed by atoms with van der Waals surface area (Å²) in [5, 5.41) is 5.35. The van der Waals surface area contributed by atoms with Crippen LogP contribution in [0.3, 0.4) is 0 Å². The minimum Gasteiger partial charge on any atom is -0.458 e. The number of nitrogens with one attached hydrogen (secondary N) is 2. The Morgan fingerprint density at radius 1 is 0.955 bits per heavy atom. The number of carbonyl (C=O) groups excluding carboxylic acids is 4. The van der Waals surface area contributed by atoms with Gasteiger partial charge in [-0.05, 0) is 12.8 Å². The Labute approximate surface area is 131 Å². The molecule has 0 saturated carbocycles. The lowest BCUT2D eigenvalue weighted by Gasteiger charge is -2.19. The highest BCUT2D eigenvalue weighted by Gasteiger charge is 2.18. The molecule has 0 radical (unpaired) electrons. The molecule has 0 aromatic heterocycles. The summed E-state index contributed by atoms with van der Waals surface area (Å²) in [5.74, 6) is -1.85. The van der Waals surface area contributed by atoms with Crippen LogP contribution in [0.2, 0.25) is 0 Å². The molecular formula is C15H26N2O5. The van der Waals surface area contributed by atoms with Crippen LogP contribution >= 0.6 is 0 Å². The van der Waals surface area contributed by atoms with Gasteiger partial charge in [-0.15, -0.1) is 0 Å². The van der Waals surface area contributed by atoms with Crippen LogP contribution in [-0.4, -0.2) is 42.8 Å². The second-order valence-corrected chi connectivity index (χ2v) is 4.94. The molecule has 0 aliphatic rings. The molecule has 0 saturated heterocycles. The summed E-state index contributed by atoms with van der Waals surface area (Å²) in [5.41, 5.74) is 0. The molecule has 1 unspecified atom stereocenters. The minimum absolute atomic E-state index is 0.0684. The normalized spacial score (nSPS) is 11.4. The first-order chi connectivity index (χ1) is 10.4. The van der Waals surface area contributed by atoms with Crippen LogP contribution in [0.15, 0.2) is 0 Å². The zero-order valence-electron chi connectivity index (χ0n) is 13.6. The van der Waals surface area contributed by atoms with Crippen LogP contribution in [-0.2, 0) is 23.9 Å². The Morgan fingerprint density at radius 3 is 2.09 bits per heavy atom. The molecule has 2 amide bonds. The van der Waals surface area contributed by atoms with E-state index in [1.165, 1.54) is 0 Å². The van der Waals surface area contributed by atoms with Gasteiger partial charge >= 0.3 is 5.97 Å². The van der Waals surface area contributed by atoms with Crippen molar-refractivity contribution in [3.63, 3.8) is 0 Å². The first-order valence-electron chi connectivity index (χ1n) is 7.70. The van der Waals surface area contributed by atoms with Gasteiger partial charge in [-0.1, -0.05) is 20.8 Å². The zero-order valence-corrected chi connectivity index (χ0v) is 13.6. The van der Waals surface area contributed by atoms with E-state index in [4.69, 9.17) is 4.74 Å². The summed E-state index contributed by atoms with van der Waals surface area (Å²) in [6.07, 6.45) is 2.22. The lowest BCUT2D eigenvalue weighted by molar-refractivity contribution is -0.154. The average Bonchev–Trinajstić information content (AvgIpc) is 2.49. The number of carbonyl (C=O) groups is 4. The smallest absolute Gasteiger partial charge is 0.374 e. The fraction of sp³-hybridized carbons (Fsp3) is 0.733. The maximum Gasteiger partial charge on any atom is 0.374 e.